The molecular formula is C14H16BrN3O3. The smallest absolute Gasteiger partial charge is 0.270 e. The topological polar surface area (TPSA) is 66.7 Å². The Bertz CT molecular complexity index is 593. The molecule has 2 aliphatic heterocycles. The lowest BCUT2D eigenvalue weighted by Crippen LogP contribution is -2.52. The van der Waals surface area contributed by atoms with Gasteiger partial charge in [-0.05, 0) is 41.4 Å². The van der Waals surface area contributed by atoms with E-state index >= 15 is 0 Å². The van der Waals surface area contributed by atoms with Gasteiger partial charge in [-0.25, -0.2) is 0 Å². The number of non-ortho nitro benzene ring substituents is 1. The molecule has 0 saturated carbocycles. The van der Waals surface area contributed by atoms with Crippen LogP contribution < -0.4 is 0 Å². The lowest BCUT2D eigenvalue weighted by atomic mass is 10.1. The Morgan fingerprint density at radius 3 is 2.90 bits per heavy atom. The Morgan fingerprint density at radius 2 is 2.14 bits per heavy atom. The lowest BCUT2D eigenvalue weighted by Gasteiger charge is -2.37. The number of halogens is 1. The number of piperazine rings is 1. The third-order valence-corrected chi connectivity index (χ3v) is 4.96. The normalized spacial score (nSPS) is 22.1. The summed E-state index contributed by atoms with van der Waals surface area (Å²) in [4.78, 5) is 27.3. The molecule has 7 heteroatoms. The lowest BCUT2D eigenvalue weighted by molar-refractivity contribution is -0.384. The number of hydrogen-bond acceptors (Lipinski definition) is 4. The number of carbonyl (C=O) groups excluding carboxylic acids is 1. The Balaban J connectivity index is 1.81. The highest BCUT2D eigenvalue weighted by Crippen LogP contribution is 2.27. The summed E-state index contributed by atoms with van der Waals surface area (Å²) in [5.74, 6) is -0.128. The largest absolute Gasteiger partial charge is 0.336 e. The highest BCUT2D eigenvalue weighted by Gasteiger charge is 2.33. The van der Waals surface area contributed by atoms with E-state index in [-0.39, 0.29) is 11.6 Å². The van der Waals surface area contributed by atoms with E-state index in [9.17, 15) is 14.9 Å². The van der Waals surface area contributed by atoms with E-state index in [0.717, 1.165) is 19.5 Å². The first-order valence-corrected chi connectivity index (χ1v) is 7.83. The van der Waals surface area contributed by atoms with Crippen LogP contribution in [0.1, 0.15) is 23.2 Å². The number of hydrogen-bond donors (Lipinski definition) is 0. The third-order valence-electron chi connectivity index (χ3n) is 4.27. The van der Waals surface area contributed by atoms with Crippen LogP contribution in [0.2, 0.25) is 0 Å². The first-order valence-electron chi connectivity index (χ1n) is 7.03. The quantitative estimate of drug-likeness (QED) is 0.604. The number of fused-ring (bicyclic) bond motifs is 1. The van der Waals surface area contributed by atoms with Gasteiger partial charge in [0, 0.05) is 42.3 Å². The van der Waals surface area contributed by atoms with Crippen LogP contribution in [0.15, 0.2) is 22.7 Å². The summed E-state index contributed by atoms with van der Waals surface area (Å²) in [6.07, 6.45) is 2.31. The van der Waals surface area contributed by atoms with E-state index in [1.165, 1.54) is 18.6 Å². The molecule has 1 unspecified atom stereocenters. The molecule has 0 aromatic heterocycles. The van der Waals surface area contributed by atoms with Gasteiger partial charge in [0.2, 0.25) is 0 Å². The van der Waals surface area contributed by atoms with Gasteiger partial charge >= 0.3 is 0 Å². The van der Waals surface area contributed by atoms with Crippen LogP contribution in [0, 0.1) is 10.1 Å². The molecule has 6 nitrogen and oxygen atoms in total. The highest BCUT2D eigenvalue weighted by molar-refractivity contribution is 9.10. The van der Waals surface area contributed by atoms with E-state index in [1.807, 2.05) is 4.90 Å². The number of rotatable bonds is 2. The zero-order chi connectivity index (χ0) is 15.0. The number of benzene rings is 1. The van der Waals surface area contributed by atoms with Crippen LogP contribution in [0.4, 0.5) is 5.69 Å². The summed E-state index contributed by atoms with van der Waals surface area (Å²) < 4.78 is 0.604. The van der Waals surface area contributed by atoms with Crippen molar-refractivity contribution in [1.29, 1.82) is 0 Å². The van der Waals surface area contributed by atoms with Crippen molar-refractivity contribution in [3.63, 3.8) is 0 Å². The highest BCUT2D eigenvalue weighted by atomic mass is 79.9. The van der Waals surface area contributed by atoms with Gasteiger partial charge in [0.15, 0.2) is 0 Å². The van der Waals surface area contributed by atoms with Crippen molar-refractivity contribution in [1.82, 2.24) is 9.80 Å². The Kier molecular flexibility index (Phi) is 3.95. The summed E-state index contributed by atoms with van der Waals surface area (Å²) in [5, 5.41) is 10.9. The Hall–Kier alpha value is -1.47. The molecule has 3 rings (SSSR count). The van der Waals surface area contributed by atoms with Crippen molar-refractivity contribution in [3.05, 3.63) is 38.3 Å². The summed E-state index contributed by atoms with van der Waals surface area (Å²) >= 11 is 3.32. The van der Waals surface area contributed by atoms with Crippen LogP contribution in [0.5, 0.6) is 0 Å². The van der Waals surface area contributed by atoms with Crippen molar-refractivity contribution < 1.29 is 9.72 Å². The molecule has 2 saturated heterocycles. The van der Waals surface area contributed by atoms with Crippen LogP contribution in [0.3, 0.4) is 0 Å². The molecular weight excluding hydrogens is 338 g/mol. The zero-order valence-corrected chi connectivity index (χ0v) is 13.1. The second kappa shape index (κ2) is 5.73. The first kappa shape index (κ1) is 14.5. The van der Waals surface area contributed by atoms with E-state index in [2.05, 4.69) is 20.8 Å². The van der Waals surface area contributed by atoms with Gasteiger partial charge in [-0.3, -0.25) is 19.8 Å². The van der Waals surface area contributed by atoms with Crippen LogP contribution in [-0.2, 0) is 0 Å². The second-order valence-corrected chi connectivity index (χ2v) is 6.36. The van der Waals surface area contributed by atoms with Crippen LogP contribution in [0.25, 0.3) is 0 Å². The van der Waals surface area contributed by atoms with Gasteiger partial charge in [0.1, 0.15) is 0 Å². The molecule has 1 aromatic rings. The molecule has 0 aliphatic carbocycles. The molecule has 112 valence electrons. The Morgan fingerprint density at radius 1 is 1.33 bits per heavy atom. The number of amides is 1. The van der Waals surface area contributed by atoms with Crippen molar-refractivity contribution in [2.45, 2.75) is 18.9 Å². The molecule has 21 heavy (non-hydrogen) atoms. The van der Waals surface area contributed by atoms with E-state index in [4.69, 9.17) is 0 Å². The fourth-order valence-corrected chi connectivity index (χ4v) is 3.55. The average Bonchev–Trinajstić information content (AvgIpc) is 2.94. The minimum Gasteiger partial charge on any atom is -0.336 e. The van der Waals surface area contributed by atoms with Gasteiger partial charge < -0.3 is 4.90 Å². The number of nitrogens with zero attached hydrogens (tertiary/aromatic N) is 3. The van der Waals surface area contributed by atoms with E-state index in [0.29, 0.717) is 29.2 Å². The fraction of sp³-hybridized carbons (Fsp3) is 0.500. The third kappa shape index (κ3) is 2.80. The molecule has 0 bridgehead atoms. The van der Waals surface area contributed by atoms with Gasteiger partial charge in [0.05, 0.1) is 10.5 Å². The molecule has 2 heterocycles. The zero-order valence-electron chi connectivity index (χ0n) is 11.5. The number of carbonyl (C=O) groups is 1. The van der Waals surface area contributed by atoms with E-state index in [1.54, 1.807) is 6.07 Å². The van der Waals surface area contributed by atoms with Crippen LogP contribution >= 0.6 is 15.9 Å². The average molecular weight is 354 g/mol. The molecule has 2 fully saturated rings. The molecule has 1 amide bonds. The van der Waals surface area contributed by atoms with Crippen molar-refractivity contribution >= 4 is 27.5 Å². The maximum Gasteiger partial charge on any atom is 0.270 e. The SMILES string of the molecule is O=C(c1cc([N+](=O)[O-])ccc1Br)N1CCN2CCCC2C1. The standard InChI is InChI=1S/C14H16BrN3O3/c15-13-4-3-10(18(20)21)8-12(13)14(19)17-7-6-16-5-1-2-11(16)9-17/h3-4,8,11H,1-2,5-7,9H2. The Labute approximate surface area is 131 Å². The minimum absolute atomic E-state index is 0.0546. The number of nitro groups is 1. The van der Waals surface area contributed by atoms with Gasteiger partial charge in [0.25, 0.3) is 11.6 Å². The van der Waals surface area contributed by atoms with Gasteiger partial charge in [-0.15, -0.1) is 0 Å². The van der Waals surface area contributed by atoms with Crippen LogP contribution in [-0.4, -0.2) is 52.9 Å². The van der Waals surface area contributed by atoms with Gasteiger partial charge in [-0.1, -0.05) is 0 Å². The summed E-state index contributed by atoms with van der Waals surface area (Å²) in [7, 11) is 0. The monoisotopic (exact) mass is 353 g/mol. The maximum absolute atomic E-state index is 12.6. The predicted octanol–water partition coefficient (Wildman–Crippen LogP) is 2.28. The van der Waals surface area contributed by atoms with Crippen molar-refractivity contribution in [2.24, 2.45) is 0 Å². The van der Waals surface area contributed by atoms with E-state index < -0.39 is 4.92 Å². The predicted molar refractivity (Wildman–Crippen MR) is 81.3 cm³/mol. The maximum atomic E-state index is 12.6. The molecule has 1 atom stereocenters. The molecule has 0 spiro atoms. The van der Waals surface area contributed by atoms with Crippen molar-refractivity contribution in [2.75, 3.05) is 26.2 Å². The second-order valence-electron chi connectivity index (χ2n) is 5.50. The fourth-order valence-electron chi connectivity index (χ4n) is 3.14. The molecule has 2 aliphatic rings. The van der Waals surface area contributed by atoms with Crippen molar-refractivity contribution in [3.8, 4) is 0 Å². The summed E-state index contributed by atoms with van der Waals surface area (Å²) in [5.41, 5.74) is 0.316. The molecule has 0 radical (unpaired) electrons. The molecule has 1 aromatic carbocycles. The van der Waals surface area contributed by atoms with Gasteiger partial charge in [-0.2, -0.15) is 0 Å². The minimum atomic E-state index is -0.474. The summed E-state index contributed by atoms with van der Waals surface area (Å²) in [6.45, 7) is 3.41. The number of nitro benzene ring substituents is 1. The summed E-state index contributed by atoms with van der Waals surface area (Å²) in [6, 6.07) is 4.76. The molecule has 0 N–H and O–H groups in total. The first-order chi connectivity index (χ1) is 10.1.